The van der Waals surface area contributed by atoms with Crippen molar-refractivity contribution in [2.75, 3.05) is 19.7 Å². The van der Waals surface area contributed by atoms with Gasteiger partial charge in [-0.2, -0.15) is 0 Å². The second-order valence-corrected chi connectivity index (χ2v) is 8.05. The van der Waals surface area contributed by atoms with E-state index in [1.807, 2.05) is 31.2 Å². The average Bonchev–Trinajstić information content (AvgIpc) is 3.27. The zero-order valence-corrected chi connectivity index (χ0v) is 18.9. The Morgan fingerprint density at radius 1 is 1.16 bits per heavy atom. The number of hydrogen-bond donors (Lipinski definition) is 4. The van der Waals surface area contributed by atoms with Crippen LogP contribution in [0.4, 0.5) is 0 Å². The number of carbonyl (C=O) groups excluding carboxylic acids is 1. The monoisotopic (exact) mass is 428 g/mol. The van der Waals surface area contributed by atoms with Crippen LogP contribution >= 0.6 is 0 Å². The van der Waals surface area contributed by atoms with E-state index in [4.69, 9.17) is 4.42 Å². The summed E-state index contributed by atoms with van der Waals surface area (Å²) in [5, 5.41) is 18.8. The van der Waals surface area contributed by atoms with E-state index in [0.29, 0.717) is 36.2 Å². The van der Waals surface area contributed by atoms with Gasteiger partial charge in [-0.25, -0.2) is 4.99 Å². The molecule has 0 spiro atoms. The topological polar surface area (TPSA) is 98.9 Å². The van der Waals surface area contributed by atoms with Gasteiger partial charge in [-0.3, -0.25) is 4.79 Å². The number of rotatable bonds is 12. The van der Waals surface area contributed by atoms with Gasteiger partial charge in [-0.15, -0.1) is 0 Å². The van der Waals surface area contributed by atoms with E-state index >= 15 is 0 Å². The minimum absolute atomic E-state index is 0.146. The van der Waals surface area contributed by atoms with Crippen LogP contribution in [-0.2, 0) is 13.1 Å². The highest BCUT2D eigenvalue weighted by atomic mass is 16.3. The molecular weight excluding hydrogens is 392 g/mol. The van der Waals surface area contributed by atoms with Crippen molar-refractivity contribution in [1.29, 1.82) is 0 Å². The van der Waals surface area contributed by atoms with Gasteiger partial charge in [0.05, 0.1) is 19.4 Å². The number of aliphatic hydroxyl groups excluding tert-OH is 1. The third-order valence-electron chi connectivity index (χ3n) is 4.86. The molecule has 1 amide bonds. The minimum Gasteiger partial charge on any atom is -0.467 e. The zero-order chi connectivity index (χ0) is 22.5. The molecule has 2 aromatic rings. The Hall–Kier alpha value is -2.80. The molecule has 0 aliphatic carbocycles. The second kappa shape index (κ2) is 13.5. The van der Waals surface area contributed by atoms with E-state index in [-0.39, 0.29) is 12.5 Å². The maximum absolute atomic E-state index is 12.4. The molecule has 0 fully saturated rings. The van der Waals surface area contributed by atoms with Crippen LogP contribution in [0.25, 0.3) is 0 Å². The van der Waals surface area contributed by atoms with Crippen molar-refractivity contribution in [3.63, 3.8) is 0 Å². The number of aliphatic imine (C=N–C) groups is 1. The molecule has 0 radical (unpaired) electrons. The summed E-state index contributed by atoms with van der Waals surface area (Å²) in [6.45, 7) is 8.96. The van der Waals surface area contributed by atoms with Gasteiger partial charge in [0.2, 0.25) is 0 Å². The third-order valence-corrected chi connectivity index (χ3v) is 4.86. The summed E-state index contributed by atoms with van der Waals surface area (Å²) < 4.78 is 5.25. The van der Waals surface area contributed by atoms with E-state index < -0.39 is 0 Å². The van der Waals surface area contributed by atoms with E-state index in [9.17, 15) is 9.90 Å². The first-order valence-corrected chi connectivity index (χ1v) is 11.0. The van der Waals surface area contributed by atoms with Gasteiger partial charge in [-0.05, 0) is 61.4 Å². The van der Waals surface area contributed by atoms with Crippen molar-refractivity contribution in [3.8, 4) is 0 Å². The Morgan fingerprint density at radius 3 is 2.68 bits per heavy atom. The molecule has 1 unspecified atom stereocenters. The molecule has 7 nitrogen and oxygen atoms in total. The van der Waals surface area contributed by atoms with Crippen LogP contribution in [0.3, 0.4) is 0 Å². The van der Waals surface area contributed by atoms with Crippen molar-refractivity contribution in [2.45, 2.75) is 46.7 Å². The molecule has 0 aliphatic rings. The lowest BCUT2D eigenvalue weighted by atomic mass is 9.94. The lowest BCUT2D eigenvalue weighted by Crippen LogP contribution is -2.40. The van der Waals surface area contributed by atoms with Crippen molar-refractivity contribution in [2.24, 2.45) is 16.8 Å². The van der Waals surface area contributed by atoms with Crippen LogP contribution in [0.2, 0.25) is 0 Å². The van der Waals surface area contributed by atoms with E-state index in [1.54, 1.807) is 18.4 Å². The number of furan rings is 1. The summed E-state index contributed by atoms with van der Waals surface area (Å²) >= 11 is 0. The number of amides is 1. The standard InChI is InChI=1S/C24H36N4O3/c1-4-25-24(28-16-20(10-11-29)13-18(2)3)27-15-19-7-5-8-21(14-19)23(30)26-17-22-9-6-12-31-22/h5-9,12,14,18,20,29H,4,10-11,13,15-17H2,1-3H3,(H,26,30)(H2,25,27,28). The first kappa shape index (κ1) is 24.5. The number of nitrogens with one attached hydrogen (secondary N) is 3. The summed E-state index contributed by atoms with van der Waals surface area (Å²) in [5.74, 6) is 2.29. The predicted octanol–water partition coefficient (Wildman–Crippen LogP) is 3.31. The number of nitrogens with zero attached hydrogens (tertiary/aromatic N) is 1. The quantitative estimate of drug-likeness (QED) is 0.307. The zero-order valence-electron chi connectivity index (χ0n) is 18.9. The molecule has 1 aromatic heterocycles. The molecule has 2 rings (SSSR count). The summed E-state index contributed by atoms with van der Waals surface area (Å²) in [7, 11) is 0. The van der Waals surface area contributed by atoms with Crippen LogP contribution in [0.1, 0.15) is 55.3 Å². The number of guanidine groups is 1. The summed E-state index contributed by atoms with van der Waals surface area (Å²) in [4.78, 5) is 17.1. The van der Waals surface area contributed by atoms with Crippen molar-refractivity contribution >= 4 is 11.9 Å². The first-order valence-electron chi connectivity index (χ1n) is 11.0. The van der Waals surface area contributed by atoms with E-state index in [2.05, 4.69) is 34.8 Å². The van der Waals surface area contributed by atoms with E-state index in [0.717, 1.165) is 37.5 Å². The highest BCUT2D eigenvalue weighted by Gasteiger charge is 2.12. The molecule has 0 aliphatic heterocycles. The highest BCUT2D eigenvalue weighted by Crippen LogP contribution is 2.14. The lowest BCUT2D eigenvalue weighted by molar-refractivity contribution is 0.0948. The Kier molecular flexibility index (Phi) is 10.6. The molecule has 4 N–H and O–H groups in total. The first-order chi connectivity index (χ1) is 15.0. The molecule has 7 heteroatoms. The summed E-state index contributed by atoms with van der Waals surface area (Å²) in [6, 6.07) is 11.1. The van der Waals surface area contributed by atoms with Crippen molar-refractivity contribution in [1.82, 2.24) is 16.0 Å². The van der Waals surface area contributed by atoms with Crippen LogP contribution in [0.15, 0.2) is 52.1 Å². The number of carbonyl (C=O) groups is 1. The largest absolute Gasteiger partial charge is 0.467 e. The fourth-order valence-electron chi connectivity index (χ4n) is 3.40. The molecule has 170 valence electrons. The van der Waals surface area contributed by atoms with E-state index in [1.165, 1.54) is 0 Å². The van der Waals surface area contributed by atoms with Crippen LogP contribution in [0.5, 0.6) is 0 Å². The molecule has 0 saturated carbocycles. The Bertz CT molecular complexity index is 803. The third kappa shape index (κ3) is 9.26. The fourth-order valence-corrected chi connectivity index (χ4v) is 3.40. The van der Waals surface area contributed by atoms with Gasteiger partial charge in [0.15, 0.2) is 5.96 Å². The van der Waals surface area contributed by atoms with Gasteiger partial charge < -0.3 is 25.5 Å². The Labute approximate surface area is 185 Å². The molecule has 0 saturated heterocycles. The predicted molar refractivity (Wildman–Crippen MR) is 124 cm³/mol. The van der Waals surface area contributed by atoms with Gasteiger partial charge >= 0.3 is 0 Å². The maximum Gasteiger partial charge on any atom is 0.251 e. The SMILES string of the molecule is CCNC(=NCc1cccc(C(=O)NCc2ccco2)c1)NCC(CCO)CC(C)C. The molecule has 31 heavy (non-hydrogen) atoms. The van der Waals surface area contributed by atoms with Gasteiger partial charge in [-0.1, -0.05) is 26.0 Å². The highest BCUT2D eigenvalue weighted by molar-refractivity contribution is 5.94. The van der Waals surface area contributed by atoms with Gasteiger partial charge in [0, 0.05) is 25.3 Å². The Morgan fingerprint density at radius 2 is 2.00 bits per heavy atom. The average molecular weight is 429 g/mol. The minimum atomic E-state index is -0.146. The van der Waals surface area contributed by atoms with Crippen molar-refractivity contribution in [3.05, 3.63) is 59.5 Å². The molecule has 1 heterocycles. The number of hydrogen-bond acceptors (Lipinski definition) is 4. The normalized spacial score (nSPS) is 12.6. The molecule has 0 bridgehead atoms. The smallest absolute Gasteiger partial charge is 0.251 e. The molecular formula is C24H36N4O3. The van der Waals surface area contributed by atoms with Crippen LogP contribution in [-0.4, -0.2) is 36.7 Å². The van der Waals surface area contributed by atoms with Gasteiger partial charge in [0.1, 0.15) is 5.76 Å². The maximum atomic E-state index is 12.4. The number of aliphatic hydroxyl groups is 1. The van der Waals surface area contributed by atoms with Crippen LogP contribution < -0.4 is 16.0 Å². The molecule has 1 atom stereocenters. The fraction of sp³-hybridized carbons (Fsp3) is 0.500. The van der Waals surface area contributed by atoms with Crippen molar-refractivity contribution < 1.29 is 14.3 Å². The second-order valence-electron chi connectivity index (χ2n) is 8.05. The van der Waals surface area contributed by atoms with Gasteiger partial charge in [0.25, 0.3) is 5.91 Å². The molecule has 1 aromatic carbocycles. The number of benzene rings is 1. The summed E-state index contributed by atoms with van der Waals surface area (Å²) in [5.41, 5.74) is 1.55. The Balaban J connectivity index is 1.95. The van der Waals surface area contributed by atoms with Crippen LogP contribution in [0, 0.1) is 11.8 Å². The lowest BCUT2D eigenvalue weighted by Gasteiger charge is -2.20. The summed E-state index contributed by atoms with van der Waals surface area (Å²) in [6.07, 6.45) is 3.42.